The van der Waals surface area contributed by atoms with E-state index in [2.05, 4.69) is 10.3 Å². The van der Waals surface area contributed by atoms with Gasteiger partial charge < -0.3 is 10.4 Å². The lowest BCUT2D eigenvalue weighted by Gasteiger charge is -2.11. The molecule has 0 atom stereocenters. The van der Waals surface area contributed by atoms with Gasteiger partial charge in [-0.15, -0.1) is 0 Å². The molecule has 1 heterocycles. The first-order valence-electron chi connectivity index (χ1n) is 5.75. The average Bonchev–Trinajstić information content (AvgIpc) is 2.41. The Hall–Kier alpha value is -2.76. The number of nitrogens with one attached hydrogen (secondary N) is 1. The molecular formula is C14H11FN2O3. The van der Waals surface area contributed by atoms with Gasteiger partial charge in [-0.3, -0.25) is 4.79 Å². The van der Waals surface area contributed by atoms with Gasteiger partial charge in [0.25, 0.3) is 5.91 Å². The van der Waals surface area contributed by atoms with Crippen LogP contribution in [0.3, 0.4) is 0 Å². The smallest absolute Gasteiger partial charge is 0.337 e. The Bertz CT molecular complexity index is 669. The number of para-hydroxylation sites is 1. The number of benzene rings is 1. The summed E-state index contributed by atoms with van der Waals surface area (Å²) in [6.07, 6.45) is 1.09. The van der Waals surface area contributed by atoms with E-state index < -0.39 is 17.8 Å². The highest BCUT2D eigenvalue weighted by Gasteiger charge is 2.15. The zero-order valence-electron chi connectivity index (χ0n) is 10.6. The monoisotopic (exact) mass is 274 g/mol. The number of rotatable bonds is 3. The fourth-order valence-electron chi connectivity index (χ4n) is 1.71. The summed E-state index contributed by atoms with van der Waals surface area (Å²) in [5, 5.41) is 11.6. The molecule has 102 valence electrons. The highest BCUT2D eigenvalue weighted by atomic mass is 19.1. The summed E-state index contributed by atoms with van der Waals surface area (Å²) in [7, 11) is 0. The maximum atomic E-state index is 12.7. The number of carboxylic acid groups (broad SMARTS) is 1. The molecule has 2 aromatic rings. The van der Waals surface area contributed by atoms with E-state index in [1.54, 1.807) is 19.1 Å². The van der Waals surface area contributed by atoms with Crippen LogP contribution in [0.1, 0.15) is 26.3 Å². The Kier molecular flexibility index (Phi) is 3.74. The summed E-state index contributed by atoms with van der Waals surface area (Å²) in [6.45, 7) is 1.69. The maximum absolute atomic E-state index is 12.7. The van der Waals surface area contributed by atoms with Gasteiger partial charge in [0.05, 0.1) is 16.8 Å². The second-order valence-electron chi connectivity index (χ2n) is 4.13. The molecule has 0 saturated heterocycles. The second kappa shape index (κ2) is 5.48. The molecule has 0 bridgehead atoms. The summed E-state index contributed by atoms with van der Waals surface area (Å²) < 4.78 is 12.7. The van der Waals surface area contributed by atoms with Gasteiger partial charge in [-0.05, 0) is 30.7 Å². The summed E-state index contributed by atoms with van der Waals surface area (Å²) in [5.74, 6) is -2.38. The molecule has 5 nitrogen and oxygen atoms in total. The third kappa shape index (κ3) is 2.80. The van der Waals surface area contributed by atoms with Gasteiger partial charge in [0.2, 0.25) is 5.95 Å². The molecule has 0 spiro atoms. The predicted octanol–water partition coefficient (Wildman–Crippen LogP) is 2.48. The van der Waals surface area contributed by atoms with E-state index >= 15 is 0 Å². The molecule has 6 heteroatoms. The van der Waals surface area contributed by atoms with E-state index in [1.807, 2.05) is 0 Å². The summed E-state index contributed by atoms with van der Waals surface area (Å²) >= 11 is 0. The number of anilines is 1. The molecule has 0 aliphatic heterocycles. The van der Waals surface area contributed by atoms with Crippen LogP contribution in [0.5, 0.6) is 0 Å². The lowest BCUT2D eigenvalue weighted by atomic mass is 10.1. The van der Waals surface area contributed by atoms with Gasteiger partial charge in [0, 0.05) is 6.20 Å². The van der Waals surface area contributed by atoms with Crippen LogP contribution in [-0.4, -0.2) is 22.0 Å². The molecule has 0 aliphatic rings. The normalized spacial score (nSPS) is 10.1. The molecule has 0 radical (unpaired) electrons. The van der Waals surface area contributed by atoms with Crippen molar-refractivity contribution in [3.8, 4) is 0 Å². The summed E-state index contributed by atoms with van der Waals surface area (Å²) in [5.41, 5.74) is 0.974. The standard InChI is InChI=1S/C14H11FN2O3/c1-8-3-2-4-10(14(19)20)12(8)17-13(18)9-5-6-11(15)16-7-9/h2-7H,1H3,(H,17,18)(H,19,20). The average molecular weight is 274 g/mol. The Morgan fingerprint density at radius 2 is 2.00 bits per heavy atom. The molecule has 2 rings (SSSR count). The molecule has 0 aliphatic carbocycles. The first-order valence-corrected chi connectivity index (χ1v) is 5.75. The van der Waals surface area contributed by atoms with Crippen molar-refractivity contribution in [1.29, 1.82) is 0 Å². The van der Waals surface area contributed by atoms with E-state index in [9.17, 15) is 14.0 Å². The third-order valence-electron chi connectivity index (χ3n) is 2.73. The number of carbonyl (C=O) groups is 2. The first-order chi connectivity index (χ1) is 9.49. The molecule has 1 aromatic carbocycles. The number of aromatic nitrogens is 1. The van der Waals surface area contributed by atoms with E-state index in [0.29, 0.717) is 5.56 Å². The van der Waals surface area contributed by atoms with Crippen LogP contribution in [0.15, 0.2) is 36.5 Å². The van der Waals surface area contributed by atoms with Crippen molar-refractivity contribution in [3.63, 3.8) is 0 Å². The highest BCUT2D eigenvalue weighted by molar-refractivity contribution is 6.08. The summed E-state index contributed by atoms with van der Waals surface area (Å²) in [4.78, 5) is 26.5. The SMILES string of the molecule is Cc1cccc(C(=O)O)c1NC(=O)c1ccc(F)nc1. The molecule has 20 heavy (non-hydrogen) atoms. The van der Waals surface area contributed by atoms with Crippen molar-refractivity contribution < 1.29 is 19.1 Å². The van der Waals surface area contributed by atoms with Crippen molar-refractivity contribution in [2.75, 3.05) is 5.32 Å². The van der Waals surface area contributed by atoms with Crippen molar-refractivity contribution in [3.05, 3.63) is 59.2 Å². The quantitative estimate of drug-likeness (QED) is 0.843. The number of nitrogens with zero attached hydrogens (tertiary/aromatic N) is 1. The number of amides is 1. The Morgan fingerprint density at radius 1 is 1.25 bits per heavy atom. The van der Waals surface area contributed by atoms with Crippen LogP contribution < -0.4 is 5.32 Å². The second-order valence-corrected chi connectivity index (χ2v) is 4.13. The van der Waals surface area contributed by atoms with Crippen molar-refractivity contribution >= 4 is 17.6 Å². The molecule has 1 amide bonds. The predicted molar refractivity (Wildman–Crippen MR) is 70.3 cm³/mol. The Morgan fingerprint density at radius 3 is 2.60 bits per heavy atom. The van der Waals surface area contributed by atoms with Gasteiger partial charge in [-0.2, -0.15) is 4.39 Å². The Labute approximate surface area is 114 Å². The van der Waals surface area contributed by atoms with E-state index in [-0.39, 0.29) is 16.8 Å². The minimum Gasteiger partial charge on any atom is -0.478 e. The number of pyridine rings is 1. The molecule has 0 fully saturated rings. The number of aromatic carboxylic acids is 1. The fraction of sp³-hybridized carbons (Fsp3) is 0.0714. The van der Waals surface area contributed by atoms with Crippen LogP contribution in [0.25, 0.3) is 0 Å². The van der Waals surface area contributed by atoms with Crippen molar-refractivity contribution in [2.24, 2.45) is 0 Å². The number of carboxylic acids is 1. The van der Waals surface area contributed by atoms with E-state index in [1.165, 1.54) is 12.1 Å². The number of aryl methyl sites for hydroxylation is 1. The van der Waals surface area contributed by atoms with Gasteiger partial charge >= 0.3 is 5.97 Å². The van der Waals surface area contributed by atoms with Gasteiger partial charge in [-0.25, -0.2) is 9.78 Å². The minimum atomic E-state index is -1.14. The van der Waals surface area contributed by atoms with Crippen molar-refractivity contribution in [1.82, 2.24) is 4.98 Å². The lowest BCUT2D eigenvalue weighted by molar-refractivity contribution is 0.0698. The first kappa shape index (κ1) is 13.7. The molecule has 2 N–H and O–H groups in total. The van der Waals surface area contributed by atoms with Crippen LogP contribution in [0, 0.1) is 12.9 Å². The third-order valence-corrected chi connectivity index (χ3v) is 2.73. The zero-order chi connectivity index (χ0) is 14.7. The number of carbonyl (C=O) groups excluding carboxylic acids is 1. The van der Waals surface area contributed by atoms with Crippen molar-refractivity contribution in [2.45, 2.75) is 6.92 Å². The van der Waals surface area contributed by atoms with Gasteiger partial charge in [0.15, 0.2) is 0 Å². The molecule has 0 saturated carbocycles. The van der Waals surface area contributed by atoms with Crippen LogP contribution in [0.4, 0.5) is 10.1 Å². The lowest BCUT2D eigenvalue weighted by Crippen LogP contribution is -2.16. The largest absolute Gasteiger partial charge is 0.478 e. The fourth-order valence-corrected chi connectivity index (χ4v) is 1.71. The minimum absolute atomic E-state index is 0.00609. The number of hydrogen-bond donors (Lipinski definition) is 2. The highest BCUT2D eigenvalue weighted by Crippen LogP contribution is 2.21. The number of halogens is 1. The zero-order valence-corrected chi connectivity index (χ0v) is 10.6. The van der Waals surface area contributed by atoms with Crippen LogP contribution in [0.2, 0.25) is 0 Å². The molecule has 1 aromatic heterocycles. The maximum Gasteiger partial charge on any atom is 0.337 e. The van der Waals surface area contributed by atoms with E-state index in [0.717, 1.165) is 12.3 Å². The molecule has 0 unspecified atom stereocenters. The van der Waals surface area contributed by atoms with Gasteiger partial charge in [-0.1, -0.05) is 12.1 Å². The van der Waals surface area contributed by atoms with Crippen LogP contribution in [-0.2, 0) is 0 Å². The van der Waals surface area contributed by atoms with Gasteiger partial charge in [0.1, 0.15) is 0 Å². The summed E-state index contributed by atoms with van der Waals surface area (Å²) in [6, 6.07) is 7.01. The van der Waals surface area contributed by atoms with E-state index in [4.69, 9.17) is 5.11 Å². The number of hydrogen-bond acceptors (Lipinski definition) is 3. The Balaban J connectivity index is 2.32. The topological polar surface area (TPSA) is 79.3 Å². The van der Waals surface area contributed by atoms with Crippen LogP contribution >= 0.6 is 0 Å². The molecular weight excluding hydrogens is 263 g/mol.